The highest BCUT2D eigenvalue weighted by atomic mass is 32.2. The number of rotatable bonds is 1. The van der Waals surface area contributed by atoms with Crippen LogP contribution in [0.5, 0.6) is 0 Å². The maximum absolute atomic E-state index is 4.12. The summed E-state index contributed by atoms with van der Waals surface area (Å²) in [5.41, 5.74) is 1.34. The normalized spacial score (nSPS) is 23.8. The molecule has 1 atom stereocenters. The van der Waals surface area contributed by atoms with Crippen molar-refractivity contribution in [2.75, 3.05) is 18.8 Å². The highest BCUT2D eigenvalue weighted by molar-refractivity contribution is 7.99. The third-order valence-corrected chi connectivity index (χ3v) is 3.26. The molecule has 1 aromatic rings. The Labute approximate surface area is 76.8 Å². The highest BCUT2D eigenvalue weighted by Crippen LogP contribution is 2.28. The van der Waals surface area contributed by atoms with Gasteiger partial charge in [0.25, 0.3) is 0 Å². The van der Waals surface area contributed by atoms with Crippen LogP contribution in [0.25, 0.3) is 0 Å². The van der Waals surface area contributed by atoms with E-state index in [1.165, 1.54) is 11.3 Å². The van der Waals surface area contributed by atoms with Gasteiger partial charge in [0, 0.05) is 36.5 Å². The lowest BCUT2D eigenvalue weighted by Crippen LogP contribution is -2.28. The van der Waals surface area contributed by atoms with E-state index in [1.54, 1.807) is 0 Å². The van der Waals surface area contributed by atoms with Gasteiger partial charge in [-0.1, -0.05) is 6.07 Å². The Kier molecular flexibility index (Phi) is 2.64. The molecule has 0 saturated carbocycles. The van der Waals surface area contributed by atoms with Crippen molar-refractivity contribution in [1.82, 2.24) is 10.3 Å². The molecule has 1 saturated heterocycles. The Morgan fingerprint density at radius 1 is 1.58 bits per heavy atom. The zero-order valence-corrected chi connectivity index (χ0v) is 7.68. The fourth-order valence-corrected chi connectivity index (χ4v) is 2.46. The topological polar surface area (TPSA) is 24.9 Å². The van der Waals surface area contributed by atoms with E-state index >= 15 is 0 Å². The maximum atomic E-state index is 4.12. The first-order valence-corrected chi connectivity index (χ1v) is 5.24. The average molecular weight is 180 g/mol. The molecule has 0 aliphatic carbocycles. The highest BCUT2D eigenvalue weighted by Gasteiger charge is 2.14. The Bertz CT molecular complexity index is 232. The van der Waals surface area contributed by atoms with Crippen molar-refractivity contribution in [2.24, 2.45) is 0 Å². The number of nitrogens with zero attached hydrogens (tertiary/aromatic N) is 1. The van der Waals surface area contributed by atoms with Crippen LogP contribution in [0.3, 0.4) is 0 Å². The average Bonchev–Trinajstić information content (AvgIpc) is 2.21. The quantitative estimate of drug-likeness (QED) is 0.708. The van der Waals surface area contributed by atoms with Gasteiger partial charge in [0.05, 0.1) is 0 Å². The van der Waals surface area contributed by atoms with E-state index in [9.17, 15) is 0 Å². The Hall–Kier alpha value is -0.540. The van der Waals surface area contributed by atoms with Gasteiger partial charge in [0.15, 0.2) is 0 Å². The van der Waals surface area contributed by atoms with Crippen molar-refractivity contribution in [3.8, 4) is 0 Å². The van der Waals surface area contributed by atoms with Crippen LogP contribution in [-0.2, 0) is 0 Å². The van der Waals surface area contributed by atoms with Gasteiger partial charge >= 0.3 is 0 Å². The summed E-state index contributed by atoms with van der Waals surface area (Å²) >= 11 is 2.01. The smallest absolute Gasteiger partial charge is 0.0437 e. The van der Waals surface area contributed by atoms with Gasteiger partial charge in [0.2, 0.25) is 0 Å². The summed E-state index contributed by atoms with van der Waals surface area (Å²) in [6.07, 6.45) is 3.79. The van der Waals surface area contributed by atoms with Gasteiger partial charge in [-0.25, -0.2) is 0 Å². The molecule has 64 valence electrons. The van der Waals surface area contributed by atoms with Crippen molar-refractivity contribution < 1.29 is 0 Å². The van der Waals surface area contributed by atoms with E-state index in [-0.39, 0.29) is 0 Å². The maximum Gasteiger partial charge on any atom is 0.0437 e. The summed E-state index contributed by atoms with van der Waals surface area (Å²) in [7, 11) is 0. The number of hydrogen-bond acceptors (Lipinski definition) is 3. The molecule has 1 unspecified atom stereocenters. The Morgan fingerprint density at radius 3 is 3.25 bits per heavy atom. The molecule has 1 aliphatic heterocycles. The molecule has 1 fully saturated rings. The van der Waals surface area contributed by atoms with Crippen LogP contribution in [0.15, 0.2) is 24.5 Å². The van der Waals surface area contributed by atoms with Gasteiger partial charge < -0.3 is 5.32 Å². The van der Waals surface area contributed by atoms with Crippen LogP contribution >= 0.6 is 11.8 Å². The van der Waals surface area contributed by atoms with E-state index in [4.69, 9.17) is 0 Å². The lowest BCUT2D eigenvalue weighted by molar-refractivity contribution is 0.688. The summed E-state index contributed by atoms with van der Waals surface area (Å²) in [6, 6.07) is 4.15. The van der Waals surface area contributed by atoms with Crippen LogP contribution in [0.2, 0.25) is 0 Å². The fraction of sp³-hybridized carbons (Fsp3) is 0.444. The molecule has 1 aromatic heterocycles. The molecule has 3 heteroatoms. The van der Waals surface area contributed by atoms with E-state index in [0.717, 1.165) is 13.1 Å². The molecule has 2 rings (SSSR count). The lowest BCUT2D eigenvalue weighted by atomic mass is 10.2. The summed E-state index contributed by atoms with van der Waals surface area (Å²) in [6.45, 7) is 2.22. The largest absolute Gasteiger partial charge is 0.314 e. The molecule has 1 aliphatic rings. The van der Waals surface area contributed by atoms with Crippen LogP contribution < -0.4 is 5.32 Å². The lowest BCUT2D eigenvalue weighted by Gasteiger charge is -2.22. The zero-order chi connectivity index (χ0) is 8.23. The third-order valence-electron chi connectivity index (χ3n) is 1.98. The summed E-state index contributed by atoms with van der Waals surface area (Å²) in [4.78, 5) is 4.12. The first-order chi connectivity index (χ1) is 5.97. The molecule has 0 radical (unpaired) electrons. The molecule has 0 amide bonds. The summed E-state index contributed by atoms with van der Waals surface area (Å²) in [5.74, 6) is 1.21. The standard InChI is InChI=1S/C9H12N2S/c1-2-8(6-10-3-1)9-7-11-4-5-12-9/h1-3,6,9,11H,4-5,7H2. The molecule has 2 heterocycles. The van der Waals surface area contributed by atoms with Crippen molar-refractivity contribution >= 4 is 11.8 Å². The molecule has 0 spiro atoms. The van der Waals surface area contributed by atoms with E-state index in [2.05, 4.69) is 16.4 Å². The van der Waals surface area contributed by atoms with Gasteiger partial charge in [-0.2, -0.15) is 11.8 Å². The predicted molar refractivity (Wildman–Crippen MR) is 52.3 cm³/mol. The van der Waals surface area contributed by atoms with Gasteiger partial charge in [-0.3, -0.25) is 4.98 Å². The minimum absolute atomic E-state index is 0.604. The minimum Gasteiger partial charge on any atom is -0.314 e. The Morgan fingerprint density at radius 2 is 2.58 bits per heavy atom. The predicted octanol–water partition coefficient (Wildman–Crippen LogP) is 1.46. The zero-order valence-electron chi connectivity index (χ0n) is 6.86. The SMILES string of the molecule is c1cncc(C2CNCCS2)c1. The van der Waals surface area contributed by atoms with Gasteiger partial charge in [-0.15, -0.1) is 0 Å². The molecular weight excluding hydrogens is 168 g/mol. The van der Waals surface area contributed by atoms with Crippen molar-refractivity contribution in [2.45, 2.75) is 5.25 Å². The molecule has 2 nitrogen and oxygen atoms in total. The second-order valence-electron chi connectivity index (χ2n) is 2.85. The van der Waals surface area contributed by atoms with E-state index in [1.807, 2.05) is 30.2 Å². The molecule has 0 aromatic carbocycles. The number of thioether (sulfide) groups is 1. The number of nitrogens with one attached hydrogen (secondary N) is 1. The monoisotopic (exact) mass is 180 g/mol. The van der Waals surface area contributed by atoms with Crippen LogP contribution in [0, 0.1) is 0 Å². The van der Waals surface area contributed by atoms with E-state index in [0.29, 0.717) is 5.25 Å². The number of hydrogen-bond donors (Lipinski definition) is 1. The molecule has 0 bridgehead atoms. The van der Waals surface area contributed by atoms with Crippen molar-refractivity contribution in [3.05, 3.63) is 30.1 Å². The van der Waals surface area contributed by atoms with Gasteiger partial charge in [-0.05, 0) is 11.6 Å². The van der Waals surface area contributed by atoms with Crippen molar-refractivity contribution in [1.29, 1.82) is 0 Å². The number of pyridine rings is 1. The van der Waals surface area contributed by atoms with Crippen LogP contribution in [-0.4, -0.2) is 23.8 Å². The molecular formula is C9H12N2S. The third kappa shape index (κ3) is 1.79. The van der Waals surface area contributed by atoms with Crippen molar-refractivity contribution in [3.63, 3.8) is 0 Å². The van der Waals surface area contributed by atoms with Crippen LogP contribution in [0.4, 0.5) is 0 Å². The summed E-state index contributed by atoms with van der Waals surface area (Å²) in [5, 5.41) is 3.99. The van der Waals surface area contributed by atoms with Crippen LogP contribution in [0.1, 0.15) is 10.8 Å². The molecule has 1 N–H and O–H groups in total. The first kappa shape index (κ1) is 8.08. The Balaban J connectivity index is 2.08. The minimum atomic E-state index is 0.604. The first-order valence-electron chi connectivity index (χ1n) is 4.19. The summed E-state index contributed by atoms with van der Waals surface area (Å²) < 4.78 is 0. The fourth-order valence-electron chi connectivity index (χ4n) is 1.35. The van der Waals surface area contributed by atoms with Gasteiger partial charge in [0.1, 0.15) is 0 Å². The second-order valence-corrected chi connectivity index (χ2v) is 4.16. The molecule has 12 heavy (non-hydrogen) atoms. The second kappa shape index (κ2) is 3.92. The van der Waals surface area contributed by atoms with E-state index < -0.39 is 0 Å². The number of aromatic nitrogens is 1.